The minimum atomic E-state index is 0.752. The van der Waals surface area contributed by atoms with Crippen molar-refractivity contribution in [2.75, 3.05) is 13.1 Å². The third-order valence-corrected chi connectivity index (χ3v) is 2.82. The summed E-state index contributed by atoms with van der Waals surface area (Å²) >= 11 is 0. The molecule has 2 heteroatoms. The number of nitrogens with zero attached hydrogens (tertiary/aromatic N) is 1. The molecule has 1 fully saturated rings. The number of rotatable bonds is 6. The van der Waals surface area contributed by atoms with Gasteiger partial charge in [0.2, 0.25) is 0 Å². The molecule has 0 spiro atoms. The topological polar surface area (TPSA) is 20.3 Å². The van der Waals surface area contributed by atoms with E-state index in [1.54, 1.807) is 4.90 Å². The first-order valence-electron chi connectivity index (χ1n) is 5.55. The van der Waals surface area contributed by atoms with Gasteiger partial charge in [-0.15, -0.1) is 0 Å². The average Bonchev–Trinajstić information content (AvgIpc) is 3.09. The van der Waals surface area contributed by atoms with Gasteiger partial charge in [0.1, 0.15) is 0 Å². The lowest BCUT2D eigenvalue weighted by atomic mass is 10.1. The van der Waals surface area contributed by atoms with Crippen molar-refractivity contribution in [3.63, 3.8) is 0 Å². The summed E-state index contributed by atoms with van der Waals surface area (Å²) in [6.07, 6.45) is 5.52. The minimum absolute atomic E-state index is 0.752. The van der Waals surface area contributed by atoms with Crippen LogP contribution in [0.15, 0.2) is 30.3 Å². The van der Waals surface area contributed by atoms with Crippen LogP contribution in [0.5, 0.6) is 0 Å². The Morgan fingerprint density at radius 2 is 2.00 bits per heavy atom. The predicted octanol–water partition coefficient (Wildman–Crippen LogP) is 2.01. The van der Waals surface area contributed by atoms with Gasteiger partial charge in [0.25, 0.3) is 0 Å². The van der Waals surface area contributed by atoms with E-state index in [0.717, 1.165) is 25.4 Å². The van der Waals surface area contributed by atoms with Gasteiger partial charge in [0, 0.05) is 13.1 Å². The first-order valence-corrected chi connectivity index (χ1v) is 5.55. The molecule has 2 rings (SSSR count). The molecule has 1 aliphatic rings. The Morgan fingerprint density at radius 1 is 1.27 bits per heavy atom. The zero-order valence-corrected chi connectivity index (χ0v) is 8.86. The van der Waals surface area contributed by atoms with Crippen LogP contribution in [-0.2, 0) is 11.2 Å². The second-order valence-electron chi connectivity index (χ2n) is 4.22. The fraction of sp³-hybridized carbons (Fsp3) is 0.462. The van der Waals surface area contributed by atoms with Crippen molar-refractivity contribution < 1.29 is 4.79 Å². The number of benzene rings is 1. The number of hydrogen-bond acceptors (Lipinski definition) is 1. The third-order valence-electron chi connectivity index (χ3n) is 2.82. The van der Waals surface area contributed by atoms with Crippen LogP contribution in [0.4, 0.5) is 0 Å². The van der Waals surface area contributed by atoms with Crippen molar-refractivity contribution in [2.24, 2.45) is 5.92 Å². The van der Waals surface area contributed by atoms with E-state index in [0.29, 0.717) is 0 Å². The van der Waals surface area contributed by atoms with Crippen molar-refractivity contribution in [3.05, 3.63) is 35.9 Å². The van der Waals surface area contributed by atoms with Gasteiger partial charge < -0.3 is 4.90 Å². The molecule has 1 saturated carbocycles. The summed E-state index contributed by atoms with van der Waals surface area (Å²) in [5.74, 6) is 0.752. The van der Waals surface area contributed by atoms with Gasteiger partial charge >= 0.3 is 6.41 Å². The summed E-state index contributed by atoms with van der Waals surface area (Å²) in [7, 11) is 0. The fourth-order valence-corrected chi connectivity index (χ4v) is 1.70. The monoisotopic (exact) mass is 202 g/mol. The first-order chi connectivity index (χ1) is 7.38. The first kappa shape index (κ1) is 10.2. The maximum Gasteiger partial charge on any atom is 0.312 e. The second kappa shape index (κ2) is 4.96. The Balaban J connectivity index is 1.77. The lowest BCUT2D eigenvalue weighted by Gasteiger charge is -2.15. The van der Waals surface area contributed by atoms with Crippen LogP contribution in [0.2, 0.25) is 0 Å². The van der Waals surface area contributed by atoms with Gasteiger partial charge in [-0.05, 0) is 30.7 Å². The Morgan fingerprint density at radius 3 is 2.60 bits per heavy atom. The van der Waals surface area contributed by atoms with E-state index >= 15 is 0 Å². The molecule has 1 aliphatic carbocycles. The van der Waals surface area contributed by atoms with Crippen LogP contribution < -0.4 is 0 Å². The smallest absolute Gasteiger partial charge is 0.312 e. The standard InChI is InChI=1S/C13H16NO/c15-11-14(10-13-6-7-13)9-8-12-4-2-1-3-5-12/h1-5,13H,6-10H2. The fourth-order valence-electron chi connectivity index (χ4n) is 1.70. The lowest BCUT2D eigenvalue weighted by Crippen LogP contribution is -2.26. The van der Waals surface area contributed by atoms with Crippen LogP contribution >= 0.6 is 0 Å². The summed E-state index contributed by atoms with van der Waals surface area (Å²) in [5, 5.41) is 0. The molecule has 1 radical (unpaired) electrons. The van der Waals surface area contributed by atoms with E-state index in [1.807, 2.05) is 24.6 Å². The van der Waals surface area contributed by atoms with Crippen LogP contribution in [0.25, 0.3) is 0 Å². The molecule has 15 heavy (non-hydrogen) atoms. The van der Waals surface area contributed by atoms with Gasteiger partial charge in [0.15, 0.2) is 0 Å². The molecule has 0 unspecified atom stereocenters. The lowest BCUT2D eigenvalue weighted by molar-refractivity contribution is 0.369. The van der Waals surface area contributed by atoms with E-state index in [9.17, 15) is 4.79 Å². The van der Waals surface area contributed by atoms with E-state index in [4.69, 9.17) is 0 Å². The average molecular weight is 202 g/mol. The molecule has 0 bridgehead atoms. The summed E-state index contributed by atoms with van der Waals surface area (Å²) in [4.78, 5) is 12.5. The largest absolute Gasteiger partial charge is 0.334 e. The number of amides is 1. The van der Waals surface area contributed by atoms with Crippen LogP contribution in [0.1, 0.15) is 18.4 Å². The second-order valence-corrected chi connectivity index (χ2v) is 4.22. The van der Waals surface area contributed by atoms with Gasteiger partial charge in [0.05, 0.1) is 0 Å². The third kappa shape index (κ3) is 3.39. The molecule has 0 heterocycles. The summed E-state index contributed by atoms with van der Waals surface area (Å²) in [6, 6.07) is 10.3. The Bertz CT molecular complexity index is 306. The summed E-state index contributed by atoms with van der Waals surface area (Å²) < 4.78 is 0. The number of hydrogen-bond donors (Lipinski definition) is 0. The molecule has 1 aromatic rings. The highest BCUT2D eigenvalue weighted by Gasteiger charge is 2.23. The molecule has 2 nitrogen and oxygen atoms in total. The highest BCUT2D eigenvalue weighted by molar-refractivity contribution is 5.48. The van der Waals surface area contributed by atoms with E-state index < -0.39 is 0 Å². The van der Waals surface area contributed by atoms with Crippen molar-refractivity contribution in [1.29, 1.82) is 0 Å². The molecule has 79 valence electrons. The van der Waals surface area contributed by atoms with Gasteiger partial charge in [-0.25, -0.2) is 0 Å². The minimum Gasteiger partial charge on any atom is -0.334 e. The Hall–Kier alpha value is -1.31. The van der Waals surface area contributed by atoms with Crippen LogP contribution in [0.3, 0.4) is 0 Å². The molecular formula is C13H16NO. The maximum absolute atomic E-state index is 10.7. The molecule has 0 saturated heterocycles. The van der Waals surface area contributed by atoms with Gasteiger partial charge in [-0.3, -0.25) is 4.79 Å². The Labute approximate surface area is 90.9 Å². The van der Waals surface area contributed by atoms with Gasteiger partial charge in [-0.2, -0.15) is 0 Å². The number of carbonyl (C=O) groups excluding carboxylic acids is 1. The van der Waals surface area contributed by atoms with E-state index in [1.165, 1.54) is 18.4 Å². The zero-order valence-electron chi connectivity index (χ0n) is 8.86. The molecule has 1 aromatic carbocycles. The summed E-state index contributed by atoms with van der Waals surface area (Å²) in [6.45, 7) is 1.69. The van der Waals surface area contributed by atoms with E-state index in [2.05, 4.69) is 12.1 Å². The highest BCUT2D eigenvalue weighted by atomic mass is 16.1. The molecule has 0 N–H and O–H groups in total. The maximum atomic E-state index is 10.7. The van der Waals surface area contributed by atoms with Crippen molar-refractivity contribution in [1.82, 2.24) is 4.90 Å². The van der Waals surface area contributed by atoms with E-state index in [-0.39, 0.29) is 0 Å². The molecular weight excluding hydrogens is 186 g/mol. The Kier molecular flexibility index (Phi) is 3.38. The predicted molar refractivity (Wildman–Crippen MR) is 60.1 cm³/mol. The SMILES string of the molecule is O=[C]N(CCc1ccccc1)CC1CC1. The van der Waals surface area contributed by atoms with Crippen molar-refractivity contribution in [3.8, 4) is 0 Å². The summed E-state index contributed by atoms with van der Waals surface area (Å²) in [5.41, 5.74) is 1.29. The zero-order chi connectivity index (χ0) is 10.5. The van der Waals surface area contributed by atoms with Crippen LogP contribution in [-0.4, -0.2) is 24.4 Å². The molecule has 1 amide bonds. The van der Waals surface area contributed by atoms with Crippen LogP contribution in [0, 0.1) is 5.92 Å². The van der Waals surface area contributed by atoms with Crippen molar-refractivity contribution in [2.45, 2.75) is 19.3 Å². The molecule has 0 aromatic heterocycles. The molecule has 0 aliphatic heterocycles. The highest BCUT2D eigenvalue weighted by Crippen LogP contribution is 2.29. The normalized spacial score (nSPS) is 14.9. The van der Waals surface area contributed by atoms with Crippen molar-refractivity contribution >= 4 is 6.41 Å². The molecule has 0 atom stereocenters. The quantitative estimate of drug-likeness (QED) is 0.646. The van der Waals surface area contributed by atoms with Gasteiger partial charge in [-0.1, -0.05) is 30.3 Å².